The molecule has 7 heteroatoms. The molecular weight excluding hydrogens is 271 g/mol. The third kappa shape index (κ3) is 2.50. The van der Waals surface area contributed by atoms with Gasteiger partial charge in [0.2, 0.25) is 0 Å². The van der Waals surface area contributed by atoms with Crippen molar-refractivity contribution in [3.63, 3.8) is 0 Å². The summed E-state index contributed by atoms with van der Waals surface area (Å²) >= 11 is 1.12. The molecule has 0 amide bonds. The van der Waals surface area contributed by atoms with Gasteiger partial charge in [-0.15, -0.1) is 0 Å². The van der Waals surface area contributed by atoms with E-state index in [1.807, 2.05) is 0 Å². The molecule has 0 aliphatic carbocycles. The normalized spacial score (nSPS) is 10.3. The number of carbonyl (C=O) groups excluding carboxylic acids is 1. The Kier molecular flexibility index (Phi) is 3.66. The minimum atomic E-state index is -0.603. The second kappa shape index (κ2) is 5.23. The summed E-state index contributed by atoms with van der Waals surface area (Å²) < 4.78 is 22.8. The molecule has 0 saturated heterocycles. The van der Waals surface area contributed by atoms with Crippen molar-refractivity contribution in [2.24, 2.45) is 0 Å². The molecule has 2 rings (SSSR count). The maximum absolute atomic E-state index is 13.3. The van der Waals surface area contributed by atoms with Crippen LogP contribution < -0.4 is 10.5 Å². The van der Waals surface area contributed by atoms with Crippen molar-refractivity contribution >= 4 is 22.3 Å². The fourth-order valence-corrected chi connectivity index (χ4v) is 2.31. The third-order valence-corrected chi connectivity index (χ3v) is 3.36. The standard InChI is InChI=1S/C12H11FN2O3S/c1-17-8-5-6(3-4-7(8)13)11-15-9(10(14)19-11)12(16)18-2/h3-5H,14H2,1-2H3. The number of carbonyl (C=O) groups is 1. The quantitative estimate of drug-likeness (QED) is 0.874. The van der Waals surface area contributed by atoms with Crippen LogP contribution in [-0.2, 0) is 4.74 Å². The predicted molar refractivity (Wildman–Crippen MR) is 69.8 cm³/mol. The number of rotatable bonds is 3. The highest BCUT2D eigenvalue weighted by Gasteiger charge is 2.18. The maximum Gasteiger partial charge on any atom is 0.359 e. The van der Waals surface area contributed by atoms with E-state index < -0.39 is 11.8 Å². The van der Waals surface area contributed by atoms with Gasteiger partial charge in [-0.25, -0.2) is 14.2 Å². The van der Waals surface area contributed by atoms with Crippen LogP contribution in [0.2, 0.25) is 0 Å². The molecular formula is C12H11FN2O3S. The summed E-state index contributed by atoms with van der Waals surface area (Å²) in [5, 5.41) is 0.751. The molecule has 0 aliphatic heterocycles. The first-order valence-corrected chi connectivity index (χ1v) is 6.07. The number of aromatic nitrogens is 1. The number of esters is 1. The molecule has 2 aromatic rings. The van der Waals surface area contributed by atoms with E-state index >= 15 is 0 Å². The number of nitrogens with two attached hydrogens (primary N) is 1. The van der Waals surface area contributed by atoms with Crippen molar-refractivity contribution in [1.82, 2.24) is 4.98 Å². The second-order valence-electron chi connectivity index (χ2n) is 3.57. The molecule has 0 fully saturated rings. The van der Waals surface area contributed by atoms with Crippen LogP contribution in [-0.4, -0.2) is 25.2 Å². The molecule has 0 bridgehead atoms. The number of methoxy groups -OCH3 is 2. The van der Waals surface area contributed by atoms with Crippen LogP contribution in [0.4, 0.5) is 9.39 Å². The maximum atomic E-state index is 13.3. The summed E-state index contributed by atoms with van der Waals surface area (Å²) in [4.78, 5) is 15.5. The van der Waals surface area contributed by atoms with Gasteiger partial charge < -0.3 is 15.2 Å². The summed E-state index contributed by atoms with van der Waals surface area (Å²) in [6, 6.07) is 4.30. The second-order valence-corrected chi connectivity index (χ2v) is 4.60. The summed E-state index contributed by atoms with van der Waals surface area (Å²) in [5.74, 6) is -0.969. The molecule has 1 aromatic carbocycles. The number of thiazole rings is 1. The minimum Gasteiger partial charge on any atom is -0.494 e. The van der Waals surface area contributed by atoms with E-state index in [-0.39, 0.29) is 16.4 Å². The number of hydrogen-bond donors (Lipinski definition) is 1. The Hall–Kier alpha value is -2.15. The van der Waals surface area contributed by atoms with Crippen LogP contribution in [0, 0.1) is 5.82 Å². The molecule has 0 saturated carbocycles. The van der Waals surface area contributed by atoms with Gasteiger partial charge in [0.15, 0.2) is 17.3 Å². The monoisotopic (exact) mass is 282 g/mol. The lowest BCUT2D eigenvalue weighted by atomic mass is 10.2. The van der Waals surface area contributed by atoms with Crippen molar-refractivity contribution < 1.29 is 18.7 Å². The number of ether oxygens (including phenoxy) is 2. The number of benzene rings is 1. The smallest absolute Gasteiger partial charge is 0.359 e. The molecule has 1 heterocycles. The first-order valence-electron chi connectivity index (χ1n) is 5.25. The Bertz CT molecular complexity index is 627. The zero-order valence-corrected chi connectivity index (χ0v) is 11.1. The summed E-state index contributed by atoms with van der Waals surface area (Å²) in [7, 11) is 2.62. The molecule has 0 radical (unpaired) electrons. The average Bonchev–Trinajstić information content (AvgIpc) is 2.80. The molecule has 100 valence electrons. The van der Waals surface area contributed by atoms with E-state index in [2.05, 4.69) is 9.72 Å². The predicted octanol–water partition coefficient (Wildman–Crippen LogP) is 2.33. The Balaban J connectivity index is 2.45. The average molecular weight is 282 g/mol. The Morgan fingerprint density at radius 2 is 2.16 bits per heavy atom. The number of halogens is 1. The topological polar surface area (TPSA) is 74.4 Å². The van der Waals surface area contributed by atoms with Crippen molar-refractivity contribution in [2.45, 2.75) is 0 Å². The zero-order valence-electron chi connectivity index (χ0n) is 10.3. The Labute approximate surface area is 112 Å². The largest absolute Gasteiger partial charge is 0.494 e. The molecule has 0 aliphatic rings. The van der Waals surface area contributed by atoms with Gasteiger partial charge in [0.1, 0.15) is 10.0 Å². The van der Waals surface area contributed by atoms with Crippen molar-refractivity contribution in [3.05, 3.63) is 29.7 Å². The van der Waals surface area contributed by atoms with Gasteiger partial charge in [-0.1, -0.05) is 11.3 Å². The van der Waals surface area contributed by atoms with E-state index in [9.17, 15) is 9.18 Å². The molecule has 5 nitrogen and oxygen atoms in total. The van der Waals surface area contributed by atoms with E-state index in [0.717, 1.165) is 11.3 Å². The van der Waals surface area contributed by atoms with Gasteiger partial charge in [-0.3, -0.25) is 0 Å². The lowest BCUT2D eigenvalue weighted by Gasteiger charge is -2.03. The molecule has 0 atom stereocenters. The zero-order chi connectivity index (χ0) is 14.0. The van der Waals surface area contributed by atoms with E-state index in [1.165, 1.54) is 32.4 Å². The highest BCUT2D eigenvalue weighted by molar-refractivity contribution is 7.19. The van der Waals surface area contributed by atoms with E-state index in [0.29, 0.717) is 10.6 Å². The van der Waals surface area contributed by atoms with Gasteiger partial charge in [0.25, 0.3) is 0 Å². The minimum absolute atomic E-state index is 0.0609. The van der Waals surface area contributed by atoms with E-state index in [1.54, 1.807) is 0 Å². The van der Waals surface area contributed by atoms with Crippen molar-refractivity contribution in [1.29, 1.82) is 0 Å². The molecule has 0 spiro atoms. The molecule has 19 heavy (non-hydrogen) atoms. The Morgan fingerprint density at radius 1 is 1.42 bits per heavy atom. The van der Waals surface area contributed by atoms with Crippen LogP contribution in [0.15, 0.2) is 18.2 Å². The van der Waals surface area contributed by atoms with Crippen LogP contribution >= 0.6 is 11.3 Å². The van der Waals surface area contributed by atoms with Crippen molar-refractivity contribution in [2.75, 3.05) is 20.0 Å². The molecule has 1 aromatic heterocycles. The fraction of sp³-hybridized carbons (Fsp3) is 0.167. The number of nitrogen functional groups attached to an aromatic ring is 1. The Morgan fingerprint density at radius 3 is 2.79 bits per heavy atom. The number of hydrogen-bond acceptors (Lipinski definition) is 6. The number of nitrogens with zero attached hydrogens (tertiary/aromatic N) is 1. The van der Waals surface area contributed by atoms with Crippen molar-refractivity contribution in [3.8, 4) is 16.3 Å². The highest BCUT2D eigenvalue weighted by atomic mass is 32.1. The van der Waals surface area contributed by atoms with E-state index in [4.69, 9.17) is 10.5 Å². The van der Waals surface area contributed by atoms with Crippen LogP contribution in [0.5, 0.6) is 5.75 Å². The van der Waals surface area contributed by atoms with Gasteiger partial charge >= 0.3 is 5.97 Å². The SMILES string of the molecule is COC(=O)c1nc(-c2ccc(F)c(OC)c2)sc1N. The number of anilines is 1. The lowest BCUT2D eigenvalue weighted by Crippen LogP contribution is -2.04. The van der Waals surface area contributed by atoms with Gasteiger partial charge in [-0.2, -0.15) is 0 Å². The summed E-state index contributed by atoms with van der Waals surface area (Å²) in [5.41, 5.74) is 6.38. The summed E-state index contributed by atoms with van der Waals surface area (Å²) in [6.45, 7) is 0. The molecule has 0 unspecified atom stereocenters. The summed E-state index contributed by atoms with van der Waals surface area (Å²) in [6.07, 6.45) is 0. The van der Waals surface area contributed by atoms with Crippen LogP contribution in [0.25, 0.3) is 10.6 Å². The first-order chi connectivity index (χ1) is 9.06. The third-order valence-electron chi connectivity index (χ3n) is 2.43. The van der Waals surface area contributed by atoms with Gasteiger partial charge in [0.05, 0.1) is 14.2 Å². The van der Waals surface area contributed by atoms with Gasteiger partial charge in [-0.05, 0) is 18.2 Å². The highest BCUT2D eigenvalue weighted by Crippen LogP contribution is 2.32. The lowest BCUT2D eigenvalue weighted by molar-refractivity contribution is 0.0596. The van der Waals surface area contributed by atoms with Crippen LogP contribution in [0.1, 0.15) is 10.5 Å². The van der Waals surface area contributed by atoms with Gasteiger partial charge in [0, 0.05) is 5.56 Å². The first kappa shape index (κ1) is 13.3. The van der Waals surface area contributed by atoms with Crippen LogP contribution in [0.3, 0.4) is 0 Å². The molecule has 2 N–H and O–H groups in total. The fourth-order valence-electron chi connectivity index (χ4n) is 1.49.